The van der Waals surface area contributed by atoms with Crippen LogP contribution in [-0.2, 0) is 21.3 Å². The number of carbonyl (C=O) groups is 1. The fraction of sp³-hybridized carbons (Fsp3) is 0.381. The van der Waals surface area contributed by atoms with E-state index >= 15 is 0 Å². The van der Waals surface area contributed by atoms with Crippen LogP contribution < -0.4 is 4.74 Å². The van der Waals surface area contributed by atoms with Gasteiger partial charge in [0.25, 0.3) is 0 Å². The summed E-state index contributed by atoms with van der Waals surface area (Å²) in [7, 11) is -2.42. The van der Waals surface area contributed by atoms with E-state index in [-0.39, 0.29) is 28.7 Å². The van der Waals surface area contributed by atoms with Crippen LogP contribution >= 0.6 is 11.6 Å². The first-order valence-electron chi connectivity index (χ1n) is 9.55. The Balaban J connectivity index is 1.94. The highest BCUT2D eigenvalue weighted by molar-refractivity contribution is 7.89. The molecule has 3 rings (SSSR count). The van der Waals surface area contributed by atoms with Crippen molar-refractivity contribution in [3.63, 3.8) is 0 Å². The van der Waals surface area contributed by atoms with Crippen LogP contribution in [0.1, 0.15) is 28.8 Å². The Kier molecular flexibility index (Phi) is 7.36. The Morgan fingerprint density at radius 3 is 2.47 bits per heavy atom. The zero-order valence-electron chi connectivity index (χ0n) is 16.6. The summed E-state index contributed by atoms with van der Waals surface area (Å²) >= 11 is 5.91. The van der Waals surface area contributed by atoms with Crippen molar-refractivity contribution in [1.29, 1.82) is 0 Å². The number of benzene rings is 2. The monoisotopic (exact) mass is 453 g/mol. The molecule has 0 atom stereocenters. The summed E-state index contributed by atoms with van der Waals surface area (Å²) < 4.78 is 38.6. The third-order valence-electron chi connectivity index (χ3n) is 5.11. The number of carboxylic acids is 1. The number of rotatable bonds is 8. The van der Waals surface area contributed by atoms with Crippen molar-refractivity contribution in [2.45, 2.75) is 24.3 Å². The zero-order valence-corrected chi connectivity index (χ0v) is 18.2. The summed E-state index contributed by atoms with van der Waals surface area (Å²) in [6, 6.07) is 10.7. The van der Waals surface area contributed by atoms with Gasteiger partial charge in [-0.2, -0.15) is 4.31 Å². The minimum atomic E-state index is -3.81. The average molecular weight is 454 g/mol. The number of carboxylic acid groups (broad SMARTS) is 1. The molecule has 0 saturated carbocycles. The van der Waals surface area contributed by atoms with Crippen LogP contribution in [0.15, 0.2) is 47.4 Å². The standard InChI is InChI=1S/C21H24ClNO6S/c1-28-20-7-2-16(12-19(20)21(24)25)14-23(13-15-8-10-29-11-9-15)30(26,27)18-5-3-17(22)4-6-18/h2-7,12,15H,8-11,13-14H2,1H3,(H,24,25). The van der Waals surface area contributed by atoms with Crippen molar-refractivity contribution in [1.82, 2.24) is 4.31 Å². The van der Waals surface area contributed by atoms with Gasteiger partial charge in [-0.3, -0.25) is 0 Å². The summed E-state index contributed by atoms with van der Waals surface area (Å²) in [6.45, 7) is 1.58. The van der Waals surface area contributed by atoms with Gasteiger partial charge in [0.1, 0.15) is 11.3 Å². The van der Waals surface area contributed by atoms with Crippen molar-refractivity contribution < 1.29 is 27.8 Å². The first-order valence-corrected chi connectivity index (χ1v) is 11.4. The van der Waals surface area contributed by atoms with Gasteiger partial charge in [-0.1, -0.05) is 17.7 Å². The molecule has 2 aromatic rings. The van der Waals surface area contributed by atoms with Gasteiger partial charge in [-0.15, -0.1) is 0 Å². The van der Waals surface area contributed by atoms with Crippen molar-refractivity contribution in [2.24, 2.45) is 5.92 Å². The molecular weight excluding hydrogens is 430 g/mol. The van der Waals surface area contributed by atoms with Crippen LogP contribution in [0.2, 0.25) is 5.02 Å². The summed E-state index contributed by atoms with van der Waals surface area (Å²) in [5.41, 5.74) is 0.558. The van der Waals surface area contributed by atoms with Crippen LogP contribution in [0.3, 0.4) is 0 Å². The van der Waals surface area contributed by atoms with E-state index in [4.69, 9.17) is 21.1 Å². The number of sulfonamides is 1. The molecule has 0 unspecified atom stereocenters. The molecule has 0 aromatic heterocycles. The lowest BCUT2D eigenvalue weighted by molar-refractivity contribution is 0.0601. The molecule has 1 saturated heterocycles. The van der Waals surface area contributed by atoms with Gasteiger partial charge >= 0.3 is 5.97 Å². The van der Waals surface area contributed by atoms with Gasteiger partial charge < -0.3 is 14.6 Å². The number of aromatic carboxylic acids is 1. The highest BCUT2D eigenvalue weighted by atomic mass is 35.5. The number of hydrogen-bond acceptors (Lipinski definition) is 5. The van der Waals surface area contributed by atoms with Gasteiger partial charge in [-0.05, 0) is 60.7 Å². The summed E-state index contributed by atoms with van der Waals surface area (Å²) in [4.78, 5) is 11.7. The first-order chi connectivity index (χ1) is 14.3. The molecule has 1 aliphatic rings. The van der Waals surface area contributed by atoms with Gasteiger partial charge in [0.15, 0.2) is 0 Å². The molecule has 7 nitrogen and oxygen atoms in total. The highest BCUT2D eigenvalue weighted by Gasteiger charge is 2.29. The Hall–Kier alpha value is -2.13. The molecular formula is C21H24ClNO6S. The van der Waals surface area contributed by atoms with E-state index in [1.165, 1.54) is 41.7 Å². The average Bonchev–Trinajstić information content (AvgIpc) is 2.74. The lowest BCUT2D eigenvalue weighted by Gasteiger charge is -2.29. The number of methoxy groups -OCH3 is 1. The van der Waals surface area contributed by atoms with Crippen molar-refractivity contribution in [2.75, 3.05) is 26.9 Å². The largest absolute Gasteiger partial charge is 0.496 e. The summed E-state index contributed by atoms with van der Waals surface area (Å²) in [5.74, 6) is -0.744. The van der Waals surface area contributed by atoms with Crippen LogP contribution in [0, 0.1) is 5.92 Å². The molecule has 1 aliphatic heterocycles. The second-order valence-electron chi connectivity index (χ2n) is 7.15. The molecule has 30 heavy (non-hydrogen) atoms. The maximum atomic E-state index is 13.4. The third kappa shape index (κ3) is 5.31. The molecule has 2 aromatic carbocycles. The van der Waals surface area contributed by atoms with E-state index in [2.05, 4.69) is 0 Å². The van der Waals surface area contributed by atoms with Gasteiger partial charge in [0, 0.05) is 31.3 Å². The Bertz CT molecular complexity index is 987. The predicted octanol–water partition coefficient (Wildman–Crippen LogP) is 3.66. The first kappa shape index (κ1) is 22.6. The zero-order chi connectivity index (χ0) is 21.7. The minimum Gasteiger partial charge on any atom is -0.496 e. The maximum absolute atomic E-state index is 13.4. The van der Waals surface area contributed by atoms with E-state index in [9.17, 15) is 18.3 Å². The molecule has 1 fully saturated rings. The number of ether oxygens (including phenoxy) is 2. The molecule has 0 aliphatic carbocycles. The van der Waals surface area contributed by atoms with E-state index < -0.39 is 16.0 Å². The summed E-state index contributed by atoms with van der Waals surface area (Å²) in [5, 5.41) is 9.89. The third-order valence-corrected chi connectivity index (χ3v) is 7.19. The fourth-order valence-corrected chi connectivity index (χ4v) is 5.07. The van der Waals surface area contributed by atoms with Gasteiger partial charge in [0.2, 0.25) is 10.0 Å². The number of nitrogens with zero attached hydrogens (tertiary/aromatic N) is 1. The minimum absolute atomic E-state index is 0.00935. The molecule has 1 N–H and O–H groups in total. The van der Waals surface area contributed by atoms with Crippen molar-refractivity contribution in [3.8, 4) is 5.75 Å². The van der Waals surface area contributed by atoms with E-state index in [0.717, 1.165) is 12.8 Å². The summed E-state index contributed by atoms with van der Waals surface area (Å²) in [6.07, 6.45) is 1.55. The molecule has 0 radical (unpaired) electrons. The lowest BCUT2D eigenvalue weighted by atomic mass is 10.0. The van der Waals surface area contributed by atoms with Crippen LogP contribution in [0.25, 0.3) is 0 Å². The topological polar surface area (TPSA) is 93.1 Å². The van der Waals surface area contributed by atoms with E-state index in [1.807, 2.05) is 0 Å². The molecule has 0 amide bonds. The second-order valence-corrected chi connectivity index (χ2v) is 9.52. The lowest BCUT2D eigenvalue weighted by Crippen LogP contribution is -2.36. The SMILES string of the molecule is COc1ccc(CN(CC2CCOCC2)S(=O)(=O)c2ccc(Cl)cc2)cc1C(=O)O. The normalized spacial score (nSPS) is 15.3. The molecule has 1 heterocycles. The quantitative estimate of drug-likeness (QED) is 0.655. The predicted molar refractivity (Wildman–Crippen MR) is 113 cm³/mol. The Morgan fingerprint density at radius 1 is 1.20 bits per heavy atom. The molecule has 162 valence electrons. The Labute approximate surface area is 181 Å². The number of halogens is 1. The van der Waals surface area contributed by atoms with Gasteiger partial charge in [-0.25, -0.2) is 13.2 Å². The van der Waals surface area contributed by atoms with Crippen LogP contribution in [0.4, 0.5) is 0 Å². The highest BCUT2D eigenvalue weighted by Crippen LogP contribution is 2.26. The maximum Gasteiger partial charge on any atom is 0.339 e. The van der Waals surface area contributed by atoms with E-state index in [0.29, 0.717) is 30.3 Å². The molecule has 9 heteroatoms. The smallest absolute Gasteiger partial charge is 0.339 e. The van der Waals surface area contributed by atoms with Crippen molar-refractivity contribution >= 4 is 27.6 Å². The molecule has 0 bridgehead atoms. The van der Waals surface area contributed by atoms with Crippen molar-refractivity contribution in [3.05, 3.63) is 58.6 Å². The fourth-order valence-electron chi connectivity index (χ4n) is 3.44. The number of hydrogen-bond donors (Lipinski definition) is 1. The van der Waals surface area contributed by atoms with E-state index in [1.54, 1.807) is 12.1 Å². The van der Waals surface area contributed by atoms with Gasteiger partial charge in [0.05, 0.1) is 12.0 Å². The second kappa shape index (κ2) is 9.78. The van der Waals surface area contributed by atoms with Crippen LogP contribution in [-0.4, -0.2) is 50.7 Å². The Morgan fingerprint density at radius 2 is 1.87 bits per heavy atom. The van der Waals surface area contributed by atoms with Crippen LogP contribution in [0.5, 0.6) is 5.75 Å². The molecule has 0 spiro atoms.